The lowest BCUT2D eigenvalue weighted by Crippen LogP contribution is -2.32. The molecule has 0 atom stereocenters. The van der Waals surface area contributed by atoms with Crippen LogP contribution in [0.5, 0.6) is 0 Å². The maximum Gasteiger partial charge on any atom is 0.401 e. The first-order valence-electron chi connectivity index (χ1n) is 6.59. The Balaban J connectivity index is 2.36. The fourth-order valence-corrected chi connectivity index (χ4v) is 1.90. The number of amides is 1. The van der Waals surface area contributed by atoms with Crippen LogP contribution in [0.25, 0.3) is 0 Å². The molecule has 0 saturated heterocycles. The van der Waals surface area contributed by atoms with Gasteiger partial charge in [0, 0.05) is 17.8 Å². The molecule has 1 aromatic rings. The number of hydrogen-bond acceptors (Lipinski definition) is 3. The summed E-state index contributed by atoms with van der Waals surface area (Å²) < 4.78 is 36.4. The first-order valence-corrected chi connectivity index (χ1v) is 6.59. The molecule has 0 saturated carbocycles. The van der Waals surface area contributed by atoms with E-state index in [1.807, 2.05) is 0 Å². The van der Waals surface area contributed by atoms with Gasteiger partial charge in [-0.15, -0.1) is 0 Å². The number of nitrogens with one attached hydrogen (secondary N) is 1. The largest absolute Gasteiger partial charge is 0.401 e. The Labute approximate surface area is 122 Å². The van der Waals surface area contributed by atoms with Crippen LogP contribution >= 0.6 is 0 Å². The molecule has 4 nitrogen and oxygen atoms in total. The van der Waals surface area contributed by atoms with E-state index in [0.717, 1.165) is 10.5 Å². The maximum atomic E-state index is 12.1. The van der Waals surface area contributed by atoms with Crippen molar-refractivity contribution in [3.05, 3.63) is 23.8 Å². The zero-order chi connectivity index (χ0) is 16.0. The fraction of sp³-hybridized carbons (Fsp3) is 0.500. The number of halogens is 3. The standard InChI is InChI=1S/C14H20F3N3O/c1-10-11(18)5-3-6-12(10)19-13(21)7-4-8-20(2)9-14(15,16)17/h3,5-6H,4,7-9,18H2,1-2H3,(H,19,21). The molecule has 0 aliphatic carbocycles. The van der Waals surface area contributed by atoms with Crippen molar-refractivity contribution in [2.75, 3.05) is 31.2 Å². The van der Waals surface area contributed by atoms with Gasteiger partial charge in [0.05, 0.1) is 6.54 Å². The molecule has 0 radical (unpaired) electrons. The van der Waals surface area contributed by atoms with Gasteiger partial charge in [-0.1, -0.05) is 6.07 Å². The highest BCUT2D eigenvalue weighted by atomic mass is 19.4. The molecule has 0 spiro atoms. The Morgan fingerprint density at radius 2 is 2.05 bits per heavy atom. The van der Waals surface area contributed by atoms with Crippen molar-refractivity contribution >= 4 is 17.3 Å². The van der Waals surface area contributed by atoms with E-state index in [1.165, 1.54) is 7.05 Å². The van der Waals surface area contributed by atoms with E-state index in [4.69, 9.17) is 5.73 Å². The van der Waals surface area contributed by atoms with Crippen molar-refractivity contribution in [3.8, 4) is 0 Å². The maximum absolute atomic E-state index is 12.1. The number of alkyl halides is 3. The van der Waals surface area contributed by atoms with E-state index >= 15 is 0 Å². The molecule has 21 heavy (non-hydrogen) atoms. The first kappa shape index (κ1) is 17.3. The zero-order valence-electron chi connectivity index (χ0n) is 12.1. The van der Waals surface area contributed by atoms with E-state index in [2.05, 4.69) is 5.32 Å². The molecule has 0 fully saturated rings. The monoisotopic (exact) mass is 303 g/mol. The summed E-state index contributed by atoms with van der Waals surface area (Å²) in [6.07, 6.45) is -3.69. The van der Waals surface area contributed by atoms with Gasteiger partial charge < -0.3 is 11.1 Å². The number of nitrogens with zero attached hydrogens (tertiary/aromatic N) is 1. The molecule has 118 valence electrons. The van der Waals surface area contributed by atoms with Crippen LogP contribution in [0.4, 0.5) is 24.5 Å². The number of nitrogens with two attached hydrogens (primary N) is 1. The molecule has 0 heterocycles. The van der Waals surface area contributed by atoms with Crippen LogP contribution in [0, 0.1) is 6.92 Å². The number of benzene rings is 1. The molecule has 0 unspecified atom stereocenters. The Bertz CT molecular complexity index is 489. The van der Waals surface area contributed by atoms with Gasteiger partial charge in [0.25, 0.3) is 0 Å². The van der Waals surface area contributed by atoms with Crippen molar-refractivity contribution in [3.63, 3.8) is 0 Å². The lowest BCUT2D eigenvalue weighted by Gasteiger charge is -2.18. The lowest BCUT2D eigenvalue weighted by molar-refractivity contribution is -0.143. The van der Waals surface area contributed by atoms with Gasteiger partial charge in [-0.05, 0) is 44.6 Å². The summed E-state index contributed by atoms with van der Waals surface area (Å²) in [4.78, 5) is 12.9. The summed E-state index contributed by atoms with van der Waals surface area (Å²) in [5.41, 5.74) is 7.72. The number of anilines is 2. The van der Waals surface area contributed by atoms with Gasteiger partial charge >= 0.3 is 6.18 Å². The highest BCUT2D eigenvalue weighted by Crippen LogP contribution is 2.20. The molecule has 1 aromatic carbocycles. The molecule has 7 heteroatoms. The van der Waals surface area contributed by atoms with Gasteiger partial charge in [-0.2, -0.15) is 13.2 Å². The fourth-order valence-electron chi connectivity index (χ4n) is 1.90. The number of rotatable bonds is 6. The zero-order valence-corrected chi connectivity index (χ0v) is 12.1. The number of carbonyl (C=O) groups is 1. The molecule has 0 aliphatic rings. The Hall–Kier alpha value is -1.76. The SMILES string of the molecule is Cc1c(N)cccc1NC(=O)CCCN(C)CC(F)(F)F. The first-order chi connectivity index (χ1) is 9.69. The van der Waals surface area contributed by atoms with Gasteiger partial charge in [-0.25, -0.2) is 0 Å². The minimum atomic E-state index is -4.21. The van der Waals surface area contributed by atoms with Crippen LogP contribution in [0.1, 0.15) is 18.4 Å². The summed E-state index contributed by atoms with van der Waals surface area (Å²) in [5, 5.41) is 2.71. The average molecular weight is 303 g/mol. The molecule has 0 aliphatic heterocycles. The minimum absolute atomic E-state index is 0.163. The van der Waals surface area contributed by atoms with Crippen molar-refractivity contribution in [2.24, 2.45) is 0 Å². The molecule has 1 amide bonds. The van der Waals surface area contributed by atoms with E-state index in [9.17, 15) is 18.0 Å². The third kappa shape index (κ3) is 6.48. The summed E-state index contributed by atoms with van der Waals surface area (Å²) in [6, 6.07) is 5.20. The highest BCUT2D eigenvalue weighted by Gasteiger charge is 2.28. The van der Waals surface area contributed by atoms with Crippen molar-refractivity contribution < 1.29 is 18.0 Å². The van der Waals surface area contributed by atoms with E-state index in [0.29, 0.717) is 17.8 Å². The molecular formula is C14H20F3N3O. The third-order valence-electron chi connectivity index (χ3n) is 3.04. The van der Waals surface area contributed by atoms with Crippen LogP contribution in [0.15, 0.2) is 18.2 Å². The number of hydrogen-bond donors (Lipinski definition) is 2. The second-order valence-electron chi connectivity index (χ2n) is 5.02. The summed E-state index contributed by atoms with van der Waals surface area (Å²) in [7, 11) is 1.38. The lowest BCUT2D eigenvalue weighted by atomic mass is 10.1. The van der Waals surface area contributed by atoms with Crippen LogP contribution in [-0.4, -0.2) is 37.1 Å². The molecule has 0 aromatic heterocycles. The van der Waals surface area contributed by atoms with E-state index in [-0.39, 0.29) is 18.9 Å². The summed E-state index contributed by atoms with van der Waals surface area (Å²) >= 11 is 0. The van der Waals surface area contributed by atoms with E-state index in [1.54, 1.807) is 25.1 Å². The smallest absolute Gasteiger partial charge is 0.398 e. The van der Waals surface area contributed by atoms with Gasteiger partial charge in [0.1, 0.15) is 0 Å². The highest BCUT2D eigenvalue weighted by molar-refractivity contribution is 5.92. The Morgan fingerprint density at radius 1 is 1.38 bits per heavy atom. The van der Waals surface area contributed by atoms with Crippen LogP contribution in [0.2, 0.25) is 0 Å². The predicted octanol–water partition coefficient (Wildman–Crippen LogP) is 2.79. The summed E-state index contributed by atoms with van der Waals surface area (Å²) in [6.45, 7) is 1.04. The van der Waals surface area contributed by atoms with Gasteiger partial charge in [-0.3, -0.25) is 9.69 Å². The molecular weight excluding hydrogens is 283 g/mol. The van der Waals surface area contributed by atoms with E-state index < -0.39 is 12.7 Å². The Kier molecular flexibility index (Phi) is 6.02. The predicted molar refractivity (Wildman–Crippen MR) is 77.0 cm³/mol. The van der Waals surface area contributed by atoms with Crippen molar-refractivity contribution in [1.82, 2.24) is 4.90 Å². The second-order valence-corrected chi connectivity index (χ2v) is 5.02. The van der Waals surface area contributed by atoms with Crippen LogP contribution in [-0.2, 0) is 4.79 Å². The molecule has 1 rings (SSSR count). The molecule has 0 bridgehead atoms. The van der Waals surface area contributed by atoms with Crippen molar-refractivity contribution in [2.45, 2.75) is 25.9 Å². The van der Waals surface area contributed by atoms with Gasteiger partial charge in [0.15, 0.2) is 0 Å². The topological polar surface area (TPSA) is 58.4 Å². The Morgan fingerprint density at radius 3 is 2.67 bits per heavy atom. The van der Waals surface area contributed by atoms with Crippen LogP contribution < -0.4 is 11.1 Å². The number of nitrogen functional groups attached to an aromatic ring is 1. The minimum Gasteiger partial charge on any atom is -0.398 e. The van der Waals surface area contributed by atoms with Crippen LogP contribution in [0.3, 0.4) is 0 Å². The van der Waals surface area contributed by atoms with Gasteiger partial charge in [0.2, 0.25) is 5.91 Å². The van der Waals surface area contributed by atoms with Crippen molar-refractivity contribution in [1.29, 1.82) is 0 Å². The summed E-state index contributed by atoms with van der Waals surface area (Å²) in [5.74, 6) is -0.232. The normalized spacial score (nSPS) is 11.7. The quantitative estimate of drug-likeness (QED) is 0.795. The third-order valence-corrected chi connectivity index (χ3v) is 3.04. The average Bonchev–Trinajstić information content (AvgIpc) is 2.32. The second kappa shape index (κ2) is 7.31. The number of carbonyl (C=O) groups excluding carboxylic acids is 1. The molecule has 3 N–H and O–H groups in total.